The molecule has 1 fully saturated rings. The highest BCUT2D eigenvalue weighted by Gasteiger charge is 2.27. The highest BCUT2D eigenvalue weighted by Crippen LogP contribution is 2.29. The molecule has 1 aliphatic rings. The van der Waals surface area contributed by atoms with E-state index >= 15 is 0 Å². The van der Waals surface area contributed by atoms with Crippen molar-refractivity contribution in [1.82, 2.24) is 0 Å². The highest BCUT2D eigenvalue weighted by atomic mass is 35.5. The Labute approximate surface area is 129 Å². The molecule has 0 bridgehead atoms. The fraction of sp³-hybridized carbons (Fsp3) is 0.533. The van der Waals surface area contributed by atoms with Gasteiger partial charge >= 0.3 is 5.97 Å². The Morgan fingerprint density at radius 3 is 2.60 bits per heavy atom. The first-order valence-electron chi connectivity index (χ1n) is 6.73. The summed E-state index contributed by atoms with van der Waals surface area (Å²) < 4.78 is 10.6. The molecule has 110 valence electrons. The number of halogens is 2. The molecule has 0 aliphatic heterocycles. The van der Waals surface area contributed by atoms with E-state index in [1.165, 1.54) is 7.11 Å². The van der Waals surface area contributed by atoms with E-state index in [1.807, 2.05) is 6.07 Å². The fourth-order valence-electron chi connectivity index (χ4n) is 2.49. The van der Waals surface area contributed by atoms with E-state index in [1.54, 1.807) is 12.1 Å². The second kappa shape index (κ2) is 7.30. The zero-order valence-electron chi connectivity index (χ0n) is 11.4. The van der Waals surface area contributed by atoms with Gasteiger partial charge in [0.15, 0.2) is 0 Å². The molecule has 3 nitrogen and oxygen atoms in total. The molecule has 0 saturated heterocycles. The molecule has 0 spiro atoms. The van der Waals surface area contributed by atoms with Gasteiger partial charge < -0.3 is 9.47 Å². The van der Waals surface area contributed by atoms with E-state index in [9.17, 15) is 4.79 Å². The van der Waals surface area contributed by atoms with Gasteiger partial charge in [-0.25, -0.2) is 0 Å². The van der Waals surface area contributed by atoms with Crippen molar-refractivity contribution in [3.8, 4) is 0 Å². The minimum atomic E-state index is -0.110. The first-order valence-corrected chi connectivity index (χ1v) is 7.49. The van der Waals surface area contributed by atoms with Crippen molar-refractivity contribution in [1.29, 1.82) is 0 Å². The van der Waals surface area contributed by atoms with Crippen LogP contribution in [-0.4, -0.2) is 19.2 Å². The molecule has 0 heterocycles. The van der Waals surface area contributed by atoms with Gasteiger partial charge in [-0.15, -0.1) is 0 Å². The zero-order chi connectivity index (χ0) is 14.5. The van der Waals surface area contributed by atoms with E-state index in [0.29, 0.717) is 16.7 Å². The number of rotatable bonds is 4. The number of carbonyl (C=O) groups is 1. The minimum Gasteiger partial charge on any atom is -0.469 e. The topological polar surface area (TPSA) is 35.5 Å². The summed E-state index contributed by atoms with van der Waals surface area (Å²) >= 11 is 12.0. The van der Waals surface area contributed by atoms with Crippen molar-refractivity contribution >= 4 is 29.2 Å². The first kappa shape index (κ1) is 15.6. The number of methoxy groups -OCH3 is 1. The van der Waals surface area contributed by atoms with Gasteiger partial charge in [0, 0.05) is 10.0 Å². The molecule has 0 amide bonds. The van der Waals surface area contributed by atoms with Crippen molar-refractivity contribution in [2.45, 2.75) is 38.4 Å². The summed E-state index contributed by atoms with van der Waals surface area (Å²) in [6, 6.07) is 5.36. The summed E-state index contributed by atoms with van der Waals surface area (Å²) in [7, 11) is 1.44. The summed E-state index contributed by atoms with van der Waals surface area (Å²) in [5, 5.41) is 1.32. The Morgan fingerprint density at radius 1 is 1.25 bits per heavy atom. The summed E-state index contributed by atoms with van der Waals surface area (Å²) in [6.07, 6.45) is 3.56. The molecule has 2 rings (SSSR count). The van der Waals surface area contributed by atoms with Crippen LogP contribution in [0.2, 0.25) is 10.0 Å². The molecule has 20 heavy (non-hydrogen) atoms. The maximum Gasteiger partial charge on any atom is 0.308 e. The maximum atomic E-state index is 11.4. The number of benzene rings is 1. The van der Waals surface area contributed by atoms with Crippen LogP contribution in [-0.2, 0) is 20.9 Å². The van der Waals surface area contributed by atoms with Crippen molar-refractivity contribution in [3.63, 3.8) is 0 Å². The third kappa shape index (κ3) is 4.11. The Balaban J connectivity index is 1.81. The van der Waals surface area contributed by atoms with Crippen LogP contribution in [0.4, 0.5) is 0 Å². The van der Waals surface area contributed by atoms with E-state index in [0.717, 1.165) is 31.2 Å². The number of carbonyl (C=O) groups excluding carboxylic acids is 1. The maximum absolute atomic E-state index is 11.4. The minimum absolute atomic E-state index is 0.0228. The third-order valence-corrected chi connectivity index (χ3v) is 4.29. The van der Waals surface area contributed by atoms with Crippen LogP contribution >= 0.6 is 23.2 Å². The highest BCUT2D eigenvalue weighted by molar-refractivity contribution is 6.33. The van der Waals surface area contributed by atoms with Crippen LogP contribution in [0.5, 0.6) is 0 Å². The molecule has 1 aromatic carbocycles. The summed E-state index contributed by atoms with van der Waals surface area (Å²) in [6.45, 7) is 0.451. The van der Waals surface area contributed by atoms with E-state index < -0.39 is 0 Å². The van der Waals surface area contributed by atoms with Crippen LogP contribution in [0.1, 0.15) is 31.2 Å². The molecule has 1 saturated carbocycles. The second-order valence-electron chi connectivity index (χ2n) is 5.04. The van der Waals surface area contributed by atoms with Crippen molar-refractivity contribution < 1.29 is 14.3 Å². The van der Waals surface area contributed by atoms with Crippen LogP contribution in [0.25, 0.3) is 0 Å². The number of hydrogen-bond acceptors (Lipinski definition) is 3. The van der Waals surface area contributed by atoms with Gasteiger partial charge in [-0.05, 0) is 49.4 Å². The number of hydrogen-bond donors (Lipinski definition) is 0. The van der Waals surface area contributed by atoms with Crippen molar-refractivity contribution in [2.75, 3.05) is 7.11 Å². The molecular weight excluding hydrogens is 299 g/mol. The van der Waals surface area contributed by atoms with Crippen LogP contribution < -0.4 is 0 Å². The first-order chi connectivity index (χ1) is 9.60. The van der Waals surface area contributed by atoms with E-state index in [2.05, 4.69) is 0 Å². The van der Waals surface area contributed by atoms with Gasteiger partial charge in [0.2, 0.25) is 0 Å². The lowest BCUT2D eigenvalue weighted by Gasteiger charge is -2.27. The Hall–Kier alpha value is -0.770. The van der Waals surface area contributed by atoms with Gasteiger partial charge in [-0.2, -0.15) is 0 Å². The van der Waals surface area contributed by atoms with Gasteiger partial charge in [0.25, 0.3) is 0 Å². The Morgan fingerprint density at radius 2 is 1.95 bits per heavy atom. The standard InChI is InChI=1S/C15H18Cl2O3/c1-19-15(18)10-2-5-13(6-3-10)20-9-11-8-12(16)4-7-14(11)17/h4,7-8,10,13H,2-3,5-6,9H2,1H3. The molecule has 1 aromatic rings. The van der Waals surface area contributed by atoms with Gasteiger partial charge in [-0.3, -0.25) is 4.79 Å². The molecular formula is C15H18Cl2O3. The molecule has 1 aliphatic carbocycles. The molecule has 0 radical (unpaired) electrons. The van der Waals surface area contributed by atoms with Crippen LogP contribution in [0.15, 0.2) is 18.2 Å². The SMILES string of the molecule is COC(=O)C1CCC(OCc2cc(Cl)ccc2Cl)CC1. The van der Waals surface area contributed by atoms with Crippen LogP contribution in [0.3, 0.4) is 0 Å². The Kier molecular flexibility index (Phi) is 5.70. The molecule has 0 N–H and O–H groups in total. The zero-order valence-corrected chi connectivity index (χ0v) is 12.9. The smallest absolute Gasteiger partial charge is 0.308 e. The van der Waals surface area contributed by atoms with Gasteiger partial charge in [0.1, 0.15) is 0 Å². The molecule has 5 heteroatoms. The second-order valence-corrected chi connectivity index (χ2v) is 5.89. The quantitative estimate of drug-likeness (QED) is 0.779. The number of ether oxygens (including phenoxy) is 2. The van der Waals surface area contributed by atoms with E-state index in [-0.39, 0.29) is 18.0 Å². The largest absolute Gasteiger partial charge is 0.469 e. The predicted molar refractivity (Wildman–Crippen MR) is 79.0 cm³/mol. The molecule has 0 aromatic heterocycles. The summed E-state index contributed by atoms with van der Waals surface area (Å²) in [5.74, 6) is -0.0871. The monoisotopic (exact) mass is 316 g/mol. The van der Waals surface area contributed by atoms with Gasteiger partial charge in [-0.1, -0.05) is 23.2 Å². The Bertz CT molecular complexity index is 468. The summed E-state index contributed by atoms with van der Waals surface area (Å²) in [4.78, 5) is 11.4. The fourth-order valence-corrected chi connectivity index (χ4v) is 2.86. The molecule has 0 unspecified atom stereocenters. The van der Waals surface area contributed by atoms with Crippen molar-refractivity contribution in [3.05, 3.63) is 33.8 Å². The molecule has 0 atom stereocenters. The predicted octanol–water partition coefficient (Wildman–Crippen LogP) is 4.24. The van der Waals surface area contributed by atoms with Crippen LogP contribution in [0, 0.1) is 5.92 Å². The lowest BCUT2D eigenvalue weighted by Crippen LogP contribution is -2.26. The van der Waals surface area contributed by atoms with Gasteiger partial charge in [0.05, 0.1) is 25.7 Å². The normalized spacial score (nSPS) is 22.6. The average Bonchev–Trinajstić information content (AvgIpc) is 2.48. The lowest BCUT2D eigenvalue weighted by atomic mass is 9.87. The average molecular weight is 317 g/mol. The number of esters is 1. The van der Waals surface area contributed by atoms with Crippen molar-refractivity contribution in [2.24, 2.45) is 5.92 Å². The third-order valence-electron chi connectivity index (χ3n) is 3.69. The van der Waals surface area contributed by atoms with E-state index in [4.69, 9.17) is 32.7 Å². The summed E-state index contributed by atoms with van der Waals surface area (Å²) in [5.41, 5.74) is 0.897. The lowest BCUT2D eigenvalue weighted by molar-refractivity contribution is -0.147.